The van der Waals surface area contributed by atoms with E-state index in [1.165, 1.54) is 0 Å². The van der Waals surface area contributed by atoms with Crippen LogP contribution >= 0.6 is 0 Å². The number of fused-ring (bicyclic) bond motifs is 1. The predicted octanol–water partition coefficient (Wildman–Crippen LogP) is 1.66. The normalized spacial score (nSPS) is 24.3. The summed E-state index contributed by atoms with van der Waals surface area (Å²) in [5.74, 6) is -2.27. The average molecular weight is 287 g/mol. The first kappa shape index (κ1) is 13.8. The lowest BCUT2D eigenvalue weighted by Gasteiger charge is -2.19. The first-order valence-electron chi connectivity index (χ1n) is 7.26. The van der Waals surface area contributed by atoms with Gasteiger partial charge in [0.05, 0.1) is 5.92 Å². The van der Waals surface area contributed by atoms with Gasteiger partial charge in [-0.05, 0) is 30.9 Å². The number of ketones is 1. The minimum atomic E-state index is -0.901. The Bertz CT molecular complexity index is 623. The van der Waals surface area contributed by atoms with Crippen LogP contribution in [0.1, 0.15) is 45.5 Å². The van der Waals surface area contributed by atoms with Gasteiger partial charge in [-0.15, -0.1) is 0 Å². The van der Waals surface area contributed by atoms with E-state index in [9.17, 15) is 19.5 Å². The number of nitrogens with one attached hydrogen (secondary N) is 1. The first-order chi connectivity index (χ1) is 10.1. The van der Waals surface area contributed by atoms with Gasteiger partial charge in [-0.2, -0.15) is 0 Å². The van der Waals surface area contributed by atoms with E-state index in [0.29, 0.717) is 30.5 Å². The molecule has 1 saturated carbocycles. The third-order valence-corrected chi connectivity index (χ3v) is 4.49. The fourth-order valence-electron chi connectivity index (χ4n) is 3.35. The molecule has 2 aliphatic rings. The summed E-state index contributed by atoms with van der Waals surface area (Å²) < 4.78 is 0. The van der Waals surface area contributed by atoms with Crippen molar-refractivity contribution in [1.29, 1.82) is 0 Å². The molecule has 0 saturated heterocycles. The number of hydrogen-bond acceptors (Lipinski definition) is 3. The summed E-state index contributed by atoms with van der Waals surface area (Å²) in [7, 11) is 0. The Labute approximate surface area is 122 Å². The predicted molar refractivity (Wildman–Crippen MR) is 75.3 cm³/mol. The zero-order valence-corrected chi connectivity index (χ0v) is 11.6. The number of carbonyl (C=O) groups excluding carboxylic acids is 2. The van der Waals surface area contributed by atoms with Crippen molar-refractivity contribution in [3.63, 3.8) is 0 Å². The Kier molecular flexibility index (Phi) is 3.49. The summed E-state index contributed by atoms with van der Waals surface area (Å²) in [4.78, 5) is 35.6. The third kappa shape index (κ3) is 2.44. The Morgan fingerprint density at radius 3 is 2.71 bits per heavy atom. The molecule has 0 bridgehead atoms. The zero-order chi connectivity index (χ0) is 15.0. The summed E-state index contributed by atoms with van der Waals surface area (Å²) in [6, 6.07) is 5.15. The van der Waals surface area contributed by atoms with Gasteiger partial charge in [0, 0.05) is 23.6 Å². The maximum Gasteiger partial charge on any atom is 0.307 e. The lowest BCUT2D eigenvalue weighted by atomic mass is 9.86. The van der Waals surface area contributed by atoms with Crippen molar-refractivity contribution in [3.8, 4) is 0 Å². The van der Waals surface area contributed by atoms with Gasteiger partial charge in [0.2, 0.25) is 0 Å². The summed E-state index contributed by atoms with van der Waals surface area (Å²) in [6.07, 6.45) is 2.69. The Hall–Kier alpha value is -2.17. The highest BCUT2D eigenvalue weighted by Gasteiger charge is 2.38. The quantitative estimate of drug-likeness (QED) is 0.828. The fourth-order valence-corrected chi connectivity index (χ4v) is 3.35. The molecule has 5 heteroatoms. The van der Waals surface area contributed by atoms with Crippen LogP contribution < -0.4 is 5.32 Å². The molecule has 2 N–H and O–H groups in total. The molecule has 2 atom stereocenters. The second-order valence-electron chi connectivity index (χ2n) is 5.72. The van der Waals surface area contributed by atoms with Crippen LogP contribution in [0.2, 0.25) is 0 Å². The van der Waals surface area contributed by atoms with E-state index in [4.69, 9.17) is 0 Å². The smallest absolute Gasteiger partial charge is 0.307 e. The third-order valence-electron chi connectivity index (χ3n) is 4.49. The van der Waals surface area contributed by atoms with E-state index in [2.05, 4.69) is 5.32 Å². The molecule has 1 heterocycles. The van der Waals surface area contributed by atoms with E-state index in [1.54, 1.807) is 12.1 Å². The number of amides is 1. The molecular weight excluding hydrogens is 270 g/mol. The largest absolute Gasteiger partial charge is 0.481 e. The average Bonchev–Trinajstić information content (AvgIpc) is 2.96. The molecule has 1 aliphatic carbocycles. The van der Waals surface area contributed by atoms with Gasteiger partial charge in [-0.25, -0.2) is 0 Å². The number of aliphatic carboxylic acids is 1. The van der Waals surface area contributed by atoms with Crippen molar-refractivity contribution < 1.29 is 19.5 Å². The molecule has 1 aromatic rings. The first-order valence-corrected chi connectivity index (χ1v) is 7.26. The standard InChI is InChI=1S/C16H17NO4/c18-14(11-2-1-3-12(11)16(20)21)10-5-4-9-6-7-17-15(19)13(9)8-10/h4-5,8,11-12H,1-3,6-7H2,(H,17,19)(H,20,21). The molecule has 110 valence electrons. The van der Waals surface area contributed by atoms with E-state index in [1.807, 2.05) is 6.07 Å². The highest BCUT2D eigenvalue weighted by atomic mass is 16.4. The van der Waals surface area contributed by atoms with Crippen LogP contribution in [0.4, 0.5) is 0 Å². The summed E-state index contributed by atoms with van der Waals surface area (Å²) in [6.45, 7) is 0.614. The molecule has 3 rings (SSSR count). The lowest BCUT2D eigenvalue weighted by molar-refractivity contribution is -0.142. The van der Waals surface area contributed by atoms with E-state index < -0.39 is 17.8 Å². The number of carbonyl (C=O) groups is 3. The van der Waals surface area contributed by atoms with Gasteiger partial charge in [0.15, 0.2) is 5.78 Å². The highest BCUT2D eigenvalue weighted by Crippen LogP contribution is 2.34. The Morgan fingerprint density at radius 1 is 1.19 bits per heavy atom. The molecule has 0 radical (unpaired) electrons. The van der Waals surface area contributed by atoms with Crippen molar-refractivity contribution in [2.75, 3.05) is 6.54 Å². The molecule has 2 unspecified atom stereocenters. The van der Waals surface area contributed by atoms with E-state index in [-0.39, 0.29) is 11.7 Å². The van der Waals surface area contributed by atoms with Gasteiger partial charge in [0.25, 0.3) is 5.91 Å². The molecule has 1 aliphatic heterocycles. The molecule has 1 aromatic carbocycles. The number of carboxylic acid groups (broad SMARTS) is 1. The van der Waals surface area contributed by atoms with Gasteiger partial charge < -0.3 is 10.4 Å². The van der Waals surface area contributed by atoms with Crippen LogP contribution in [0.5, 0.6) is 0 Å². The Balaban J connectivity index is 1.90. The van der Waals surface area contributed by atoms with Gasteiger partial charge in [-0.1, -0.05) is 18.6 Å². The van der Waals surface area contributed by atoms with Gasteiger partial charge >= 0.3 is 5.97 Å². The second-order valence-corrected chi connectivity index (χ2v) is 5.72. The maximum atomic E-state index is 12.6. The van der Waals surface area contributed by atoms with Crippen LogP contribution in [-0.2, 0) is 11.2 Å². The SMILES string of the molecule is O=C1NCCc2ccc(C(=O)C3CCCC3C(=O)O)cc21. The number of Topliss-reactive ketones (excluding diaryl/α,β-unsaturated/α-hetero) is 1. The number of benzene rings is 1. The van der Waals surface area contributed by atoms with Crippen LogP contribution in [0, 0.1) is 11.8 Å². The van der Waals surface area contributed by atoms with Crippen LogP contribution in [0.25, 0.3) is 0 Å². The second kappa shape index (κ2) is 5.31. The van der Waals surface area contributed by atoms with Gasteiger partial charge in [-0.3, -0.25) is 14.4 Å². The molecule has 21 heavy (non-hydrogen) atoms. The topological polar surface area (TPSA) is 83.5 Å². The minimum absolute atomic E-state index is 0.152. The van der Waals surface area contributed by atoms with Crippen molar-refractivity contribution >= 4 is 17.7 Å². The molecule has 5 nitrogen and oxygen atoms in total. The molecule has 1 fully saturated rings. The van der Waals surface area contributed by atoms with Gasteiger partial charge in [0.1, 0.15) is 0 Å². The molecule has 0 aromatic heterocycles. The maximum absolute atomic E-state index is 12.6. The fraction of sp³-hybridized carbons (Fsp3) is 0.438. The molecular formula is C16H17NO4. The van der Waals surface area contributed by atoms with Crippen LogP contribution in [0.15, 0.2) is 18.2 Å². The van der Waals surface area contributed by atoms with E-state index >= 15 is 0 Å². The van der Waals surface area contributed by atoms with Crippen LogP contribution in [0.3, 0.4) is 0 Å². The molecule has 0 spiro atoms. The summed E-state index contributed by atoms with van der Waals surface area (Å²) in [5.41, 5.74) is 1.93. The molecule has 1 amide bonds. The van der Waals surface area contributed by atoms with Crippen molar-refractivity contribution in [1.82, 2.24) is 5.32 Å². The van der Waals surface area contributed by atoms with Crippen molar-refractivity contribution in [2.24, 2.45) is 11.8 Å². The van der Waals surface area contributed by atoms with Crippen LogP contribution in [-0.4, -0.2) is 29.3 Å². The lowest BCUT2D eigenvalue weighted by Crippen LogP contribution is -2.32. The number of carboxylic acids is 1. The Morgan fingerprint density at radius 2 is 1.95 bits per heavy atom. The monoisotopic (exact) mass is 287 g/mol. The van der Waals surface area contributed by atoms with Crippen molar-refractivity contribution in [2.45, 2.75) is 25.7 Å². The minimum Gasteiger partial charge on any atom is -0.481 e. The van der Waals surface area contributed by atoms with E-state index in [0.717, 1.165) is 18.4 Å². The number of hydrogen-bond donors (Lipinski definition) is 2. The number of rotatable bonds is 3. The van der Waals surface area contributed by atoms with Crippen molar-refractivity contribution in [3.05, 3.63) is 34.9 Å². The highest BCUT2D eigenvalue weighted by molar-refractivity contribution is 6.04. The zero-order valence-electron chi connectivity index (χ0n) is 11.6. The summed E-state index contributed by atoms with van der Waals surface area (Å²) >= 11 is 0. The summed E-state index contributed by atoms with van der Waals surface area (Å²) in [5, 5.41) is 12.0.